The van der Waals surface area contributed by atoms with Gasteiger partial charge < -0.3 is 0 Å². The molecule has 0 saturated carbocycles. The molecule has 0 unspecified atom stereocenters. The lowest BCUT2D eigenvalue weighted by Gasteiger charge is -2.28. The number of carbonyl (C=O) groups excluding carboxylic acids is 1. The van der Waals surface area contributed by atoms with Crippen molar-refractivity contribution in [1.82, 2.24) is 18.7 Å². The first kappa shape index (κ1) is 20.1. The van der Waals surface area contributed by atoms with Crippen molar-refractivity contribution in [3.63, 3.8) is 0 Å². The number of hydrogen-bond acceptors (Lipinski definition) is 6. The Morgan fingerprint density at radius 1 is 1.23 bits per heavy atom. The molecule has 1 atom stereocenters. The van der Waals surface area contributed by atoms with Crippen LogP contribution in [0, 0.1) is 0 Å². The molecular weight excluding hydrogens is 408 g/mol. The van der Waals surface area contributed by atoms with E-state index in [-0.39, 0.29) is 36.1 Å². The molecule has 3 aromatic rings. The van der Waals surface area contributed by atoms with E-state index >= 15 is 0 Å². The predicted molar refractivity (Wildman–Crippen MR) is 116 cm³/mol. The maximum atomic E-state index is 13.5. The summed E-state index contributed by atoms with van der Waals surface area (Å²) in [6.07, 6.45) is 0. The Hall–Kier alpha value is -3.20. The number of aromatic nitrogens is 4. The summed E-state index contributed by atoms with van der Waals surface area (Å²) in [7, 11) is 1.57. The highest BCUT2D eigenvalue weighted by molar-refractivity contribution is 6.31. The van der Waals surface area contributed by atoms with Gasteiger partial charge in [0.15, 0.2) is 16.9 Å². The van der Waals surface area contributed by atoms with Gasteiger partial charge in [-0.25, -0.2) is 9.80 Å². The Bertz CT molecular complexity index is 1330. The minimum Gasteiger partial charge on any atom is -0.298 e. The van der Waals surface area contributed by atoms with E-state index < -0.39 is 11.2 Å². The monoisotopic (exact) mass is 428 g/mol. The lowest BCUT2D eigenvalue weighted by Crippen LogP contribution is -2.40. The van der Waals surface area contributed by atoms with Gasteiger partial charge in [-0.05, 0) is 32.4 Å². The molecule has 4 rings (SSSR count). The molecule has 0 fully saturated rings. The number of nitrogens with zero attached hydrogens (tertiary/aromatic N) is 6. The third kappa shape index (κ3) is 3.06. The standard InChI is InChI=1S/C20H21ClN6O3/c1-11(28)9-26-19-22-17-16(27(19)13(3)12(2)23-26)18(29)25(20(30)24(17)4)10-14-7-5-6-8-15(14)21/h5-8,13H,9-10H2,1-4H3/t13-/m1/s1. The zero-order valence-corrected chi connectivity index (χ0v) is 17.8. The number of imidazole rings is 1. The largest absolute Gasteiger partial charge is 0.332 e. The summed E-state index contributed by atoms with van der Waals surface area (Å²) in [5.74, 6) is 0.269. The Labute approximate surface area is 176 Å². The van der Waals surface area contributed by atoms with Crippen LogP contribution < -0.4 is 16.3 Å². The quantitative estimate of drug-likeness (QED) is 0.633. The minimum absolute atomic E-state index is 0.0230. The van der Waals surface area contributed by atoms with Crippen LogP contribution in [-0.4, -0.2) is 36.7 Å². The number of benzene rings is 1. The molecule has 0 aliphatic carbocycles. The van der Waals surface area contributed by atoms with Gasteiger partial charge in [0.2, 0.25) is 5.95 Å². The third-order valence-corrected chi connectivity index (χ3v) is 5.69. The number of hydrazone groups is 1. The molecule has 9 nitrogen and oxygen atoms in total. The van der Waals surface area contributed by atoms with Gasteiger partial charge in [-0.15, -0.1) is 0 Å². The van der Waals surface area contributed by atoms with E-state index in [9.17, 15) is 14.4 Å². The summed E-state index contributed by atoms with van der Waals surface area (Å²) in [6.45, 7) is 5.26. The average Bonchev–Trinajstić information content (AvgIpc) is 3.10. The molecule has 0 saturated heterocycles. The smallest absolute Gasteiger partial charge is 0.298 e. The van der Waals surface area contributed by atoms with Gasteiger partial charge in [-0.2, -0.15) is 10.1 Å². The van der Waals surface area contributed by atoms with E-state index in [0.717, 1.165) is 10.3 Å². The van der Waals surface area contributed by atoms with Crippen LogP contribution in [0.25, 0.3) is 11.2 Å². The van der Waals surface area contributed by atoms with Gasteiger partial charge in [-0.1, -0.05) is 29.8 Å². The maximum Gasteiger partial charge on any atom is 0.332 e. The van der Waals surface area contributed by atoms with Crippen LogP contribution >= 0.6 is 11.6 Å². The van der Waals surface area contributed by atoms with E-state index in [1.807, 2.05) is 13.8 Å². The Balaban J connectivity index is 2.00. The Morgan fingerprint density at radius 2 is 1.93 bits per heavy atom. The highest BCUT2D eigenvalue weighted by Gasteiger charge is 2.31. The molecule has 1 aromatic carbocycles. The topological polar surface area (TPSA) is 94.5 Å². The van der Waals surface area contributed by atoms with E-state index in [0.29, 0.717) is 16.5 Å². The van der Waals surface area contributed by atoms with E-state index in [1.165, 1.54) is 16.5 Å². The van der Waals surface area contributed by atoms with Crippen LogP contribution in [0.4, 0.5) is 5.95 Å². The number of carbonyl (C=O) groups is 1. The lowest BCUT2D eigenvalue weighted by molar-refractivity contribution is -0.115. The fraction of sp³-hybridized carbons (Fsp3) is 0.350. The van der Waals surface area contributed by atoms with Crippen molar-refractivity contribution >= 4 is 40.2 Å². The van der Waals surface area contributed by atoms with Crippen molar-refractivity contribution in [1.29, 1.82) is 0 Å². The molecule has 3 heterocycles. The van der Waals surface area contributed by atoms with Crippen LogP contribution in [0.3, 0.4) is 0 Å². The van der Waals surface area contributed by atoms with Gasteiger partial charge in [-0.3, -0.25) is 23.3 Å². The van der Waals surface area contributed by atoms with Crippen molar-refractivity contribution in [2.45, 2.75) is 33.4 Å². The van der Waals surface area contributed by atoms with Crippen molar-refractivity contribution in [2.24, 2.45) is 12.1 Å². The highest BCUT2D eigenvalue weighted by atomic mass is 35.5. The van der Waals surface area contributed by atoms with Crippen molar-refractivity contribution in [3.05, 3.63) is 55.7 Å². The van der Waals surface area contributed by atoms with Gasteiger partial charge in [0.05, 0.1) is 18.3 Å². The first-order chi connectivity index (χ1) is 14.2. The second-order valence-corrected chi connectivity index (χ2v) is 7.86. The van der Waals surface area contributed by atoms with Crippen LogP contribution in [0.2, 0.25) is 5.02 Å². The van der Waals surface area contributed by atoms with Gasteiger partial charge in [0.25, 0.3) is 5.56 Å². The number of ketones is 1. The fourth-order valence-corrected chi connectivity index (χ4v) is 3.83. The van der Waals surface area contributed by atoms with Crippen molar-refractivity contribution < 1.29 is 4.79 Å². The number of halogens is 1. The molecule has 0 amide bonds. The lowest BCUT2D eigenvalue weighted by atomic mass is 10.2. The number of hydrogen-bond donors (Lipinski definition) is 0. The van der Waals surface area contributed by atoms with Crippen LogP contribution in [-0.2, 0) is 18.4 Å². The van der Waals surface area contributed by atoms with Gasteiger partial charge in [0.1, 0.15) is 6.54 Å². The molecule has 1 aliphatic rings. The molecule has 156 valence electrons. The first-order valence-corrected chi connectivity index (χ1v) is 9.85. The Kier molecular flexibility index (Phi) is 4.85. The zero-order chi connectivity index (χ0) is 21.7. The molecule has 30 heavy (non-hydrogen) atoms. The van der Waals surface area contributed by atoms with E-state index in [2.05, 4.69) is 10.1 Å². The number of anilines is 1. The number of rotatable bonds is 4. The molecule has 1 aliphatic heterocycles. The summed E-state index contributed by atoms with van der Waals surface area (Å²) in [5.41, 5.74) is 0.978. The molecule has 0 spiro atoms. The minimum atomic E-state index is -0.494. The van der Waals surface area contributed by atoms with E-state index in [1.54, 1.807) is 35.9 Å². The van der Waals surface area contributed by atoms with Crippen LogP contribution in [0.1, 0.15) is 32.4 Å². The number of fused-ring (bicyclic) bond motifs is 3. The summed E-state index contributed by atoms with van der Waals surface area (Å²) < 4.78 is 4.24. The highest BCUT2D eigenvalue weighted by Crippen LogP contribution is 2.29. The van der Waals surface area contributed by atoms with Crippen LogP contribution in [0.15, 0.2) is 39.0 Å². The second-order valence-electron chi connectivity index (χ2n) is 7.46. The fourth-order valence-electron chi connectivity index (χ4n) is 3.64. The normalized spacial score (nSPS) is 16.0. The summed E-state index contributed by atoms with van der Waals surface area (Å²) in [4.78, 5) is 42.7. The summed E-state index contributed by atoms with van der Waals surface area (Å²) >= 11 is 6.24. The van der Waals surface area contributed by atoms with Crippen LogP contribution in [0.5, 0.6) is 0 Å². The van der Waals surface area contributed by atoms with Crippen molar-refractivity contribution in [3.8, 4) is 0 Å². The first-order valence-electron chi connectivity index (χ1n) is 9.48. The molecule has 2 aromatic heterocycles. The van der Waals surface area contributed by atoms with Gasteiger partial charge >= 0.3 is 5.69 Å². The number of aryl methyl sites for hydroxylation is 1. The average molecular weight is 429 g/mol. The van der Waals surface area contributed by atoms with E-state index in [4.69, 9.17) is 11.6 Å². The predicted octanol–water partition coefficient (Wildman–Crippen LogP) is 1.94. The molecule has 10 heteroatoms. The molecule has 0 N–H and O–H groups in total. The van der Waals surface area contributed by atoms with Crippen molar-refractivity contribution in [2.75, 3.05) is 11.6 Å². The third-order valence-electron chi connectivity index (χ3n) is 5.32. The summed E-state index contributed by atoms with van der Waals surface area (Å²) in [5, 5.41) is 6.41. The second kappa shape index (κ2) is 7.24. The molecule has 0 bridgehead atoms. The Morgan fingerprint density at radius 3 is 2.60 bits per heavy atom. The molecule has 0 radical (unpaired) electrons. The SMILES string of the molecule is CC(=O)CN1N=C(C)[C@@H](C)n2c1nc1c2c(=O)n(Cc2ccccc2Cl)c(=O)n1C. The maximum absolute atomic E-state index is 13.5. The number of Topliss-reactive ketones (excluding diaryl/α,β-unsaturated/α-hetero) is 1. The zero-order valence-electron chi connectivity index (χ0n) is 17.1. The molecular formula is C20H21ClN6O3. The van der Waals surface area contributed by atoms with Gasteiger partial charge in [0, 0.05) is 12.1 Å². The summed E-state index contributed by atoms with van der Waals surface area (Å²) in [6, 6.07) is 6.83.